The zero-order chi connectivity index (χ0) is 7.61. The Morgan fingerprint density at radius 2 is 2.40 bits per heavy atom. The minimum absolute atomic E-state index is 0.369. The molecule has 58 valence electrons. The van der Waals surface area contributed by atoms with E-state index in [0.717, 1.165) is 0 Å². The van der Waals surface area contributed by atoms with Crippen LogP contribution in [0.25, 0.3) is 0 Å². The Morgan fingerprint density at radius 1 is 1.80 bits per heavy atom. The second kappa shape index (κ2) is 2.75. The highest BCUT2D eigenvalue weighted by atomic mass is 79.9. The molecule has 10 heavy (non-hydrogen) atoms. The maximum Gasteiger partial charge on any atom is 0.405 e. The lowest BCUT2D eigenvalue weighted by molar-refractivity contribution is -0.0568. The van der Waals surface area contributed by atoms with Gasteiger partial charge in [-0.3, -0.25) is 0 Å². The van der Waals surface area contributed by atoms with E-state index in [0.29, 0.717) is 18.5 Å². The van der Waals surface area contributed by atoms with Crippen molar-refractivity contribution in [3.63, 3.8) is 0 Å². The molecule has 0 radical (unpaired) electrons. The van der Waals surface area contributed by atoms with E-state index in [1.807, 2.05) is 0 Å². The van der Waals surface area contributed by atoms with Crippen molar-refractivity contribution in [1.82, 2.24) is 5.32 Å². The smallest absolute Gasteiger partial charge is 0.405 e. The molecule has 0 aromatic rings. The molecule has 1 aliphatic rings. The average Bonchev–Trinajstić information content (AvgIpc) is 1.78. The number of ether oxygens (including phenoxy) is 1. The molecule has 0 unspecified atom stereocenters. The summed E-state index contributed by atoms with van der Waals surface area (Å²) in [6.07, 6.45) is -0.997. The van der Waals surface area contributed by atoms with Crippen molar-refractivity contribution in [2.75, 3.05) is 18.5 Å². The molecule has 1 heterocycles. The van der Waals surface area contributed by atoms with Gasteiger partial charge in [-0.15, -0.1) is 0 Å². The maximum atomic E-state index is 10.2. The van der Waals surface area contributed by atoms with Crippen molar-refractivity contribution in [1.29, 1.82) is 0 Å². The molecule has 0 saturated carbocycles. The first-order valence-electron chi connectivity index (χ1n) is 2.83. The summed E-state index contributed by atoms with van der Waals surface area (Å²) in [5.41, 5.74) is -0.369. The zero-order valence-corrected chi connectivity index (χ0v) is 6.85. The predicted octanol–water partition coefficient (Wildman–Crippen LogP) is 0.418. The van der Waals surface area contributed by atoms with Crippen LogP contribution in [-0.2, 0) is 4.74 Å². The third kappa shape index (κ3) is 1.41. The molecule has 5 heteroatoms. The van der Waals surface area contributed by atoms with Gasteiger partial charge in [-0.2, -0.15) is 0 Å². The van der Waals surface area contributed by atoms with Gasteiger partial charge in [0.1, 0.15) is 0 Å². The van der Waals surface area contributed by atoms with Crippen LogP contribution >= 0.6 is 15.9 Å². The van der Waals surface area contributed by atoms with Crippen molar-refractivity contribution >= 4 is 22.0 Å². The third-order valence-electron chi connectivity index (χ3n) is 1.38. The molecule has 2 N–H and O–H groups in total. The second-order valence-corrected chi connectivity index (χ2v) is 2.90. The molecule has 1 fully saturated rings. The minimum atomic E-state index is -0.997. The SMILES string of the molecule is O=C(O)NC1(CBr)COC1. The summed E-state index contributed by atoms with van der Waals surface area (Å²) >= 11 is 3.21. The fraction of sp³-hybridized carbons (Fsp3) is 0.800. The zero-order valence-electron chi connectivity index (χ0n) is 5.26. The van der Waals surface area contributed by atoms with Crippen LogP contribution in [0.4, 0.5) is 4.79 Å². The topological polar surface area (TPSA) is 58.6 Å². The number of hydrogen-bond donors (Lipinski definition) is 2. The summed E-state index contributed by atoms with van der Waals surface area (Å²) in [6, 6.07) is 0. The number of halogens is 1. The number of hydrogen-bond acceptors (Lipinski definition) is 2. The van der Waals surface area contributed by atoms with Gasteiger partial charge in [0.25, 0.3) is 0 Å². The van der Waals surface area contributed by atoms with Crippen LogP contribution in [0.15, 0.2) is 0 Å². The van der Waals surface area contributed by atoms with Crippen molar-refractivity contribution in [3.05, 3.63) is 0 Å². The number of amides is 1. The van der Waals surface area contributed by atoms with Crippen molar-refractivity contribution in [2.24, 2.45) is 0 Å². The van der Waals surface area contributed by atoms with E-state index in [9.17, 15) is 4.79 Å². The summed E-state index contributed by atoms with van der Waals surface area (Å²) < 4.78 is 4.87. The van der Waals surface area contributed by atoms with Gasteiger partial charge in [-0.1, -0.05) is 15.9 Å². The molecule has 0 atom stereocenters. The van der Waals surface area contributed by atoms with Gasteiger partial charge < -0.3 is 15.2 Å². The monoisotopic (exact) mass is 209 g/mol. The predicted molar refractivity (Wildman–Crippen MR) is 38.5 cm³/mol. The molecule has 1 rings (SSSR count). The Bertz CT molecular complexity index is 140. The van der Waals surface area contributed by atoms with E-state index in [4.69, 9.17) is 9.84 Å². The molecule has 1 saturated heterocycles. The number of carboxylic acid groups (broad SMARTS) is 1. The lowest BCUT2D eigenvalue weighted by Gasteiger charge is -2.39. The Balaban J connectivity index is 2.40. The van der Waals surface area contributed by atoms with Crippen LogP contribution in [-0.4, -0.2) is 35.3 Å². The second-order valence-electron chi connectivity index (χ2n) is 2.34. The van der Waals surface area contributed by atoms with E-state index >= 15 is 0 Å². The van der Waals surface area contributed by atoms with Crippen LogP contribution in [0.3, 0.4) is 0 Å². The van der Waals surface area contributed by atoms with Gasteiger partial charge >= 0.3 is 6.09 Å². The standard InChI is InChI=1S/C5H8BrNO3/c6-1-5(2-10-3-5)7-4(8)9/h7H,1-3H2,(H,8,9). The molecule has 1 amide bonds. The largest absolute Gasteiger partial charge is 0.465 e. The number of nitrogens with one attached hydrogen (secondary N) is 1. The van der Waals surface area contributed by atoms with Gasteiger partial charge in [0.15, 0.2) is 0 Å². The summed E-state index contributed by atoms with van der Waals surface area (Å²) in [5, 5.41) is 11.3. The maximum absolute atomic E-state index is 10.2. The Hall–Kier alpha value is -0.290. The fourth-order valence-corrected chi connectivity index (χ4v) is 1.22. The van der Waals surface area contributed by atoms with Crippen LogP contribution in [0.2, 0.25) is 0 Å². The van der Waals surface area contributed by atoms with Gasteiger partial charge in [0.05, 0.1) is 18.8 Å². The first-order valence-corrected chi connectivity index (χ1v) is 3.95. The summed E-state index contributed by atoms with van der Waals surface area (Å²) in [6.45, 7) is 0.926. The quantitative estimate of drug-likeness (QED) is 0.649. The normalized spacial score (nSPS) is 21.3. The highest BCUT2D eigenvalue weighted by molar-refractivity contribution is 9.09. The number of rotatable bonds is 2. The molecule has 0 spiro atoms. The highest BCUT2D eigenvalue weighted by Crippen LogP contribution is 2.18. The van der Waals surface area contributed by atoms with Crippen LogP contribution < -0.4 is 5.32 Å². The Labute approximate surface area is 66.7 Å². The molecule has 0 aromatic carbocycles. The van der Waals surface area contributed by atoms with E-state index in [2.05, 4.69) is 21.2 Å². The van der Waals surface area contributed by atoms with Crippen LogP contribution in [0.1, 0.15) is 0 Å². The molecule has 0 aliphatic carbocycles. The van der Waals surface area contributed by atoms with E-state index in [1.165, 1.54) is 0 Å². The summed E-state index contributed by atoms with van der Waals surface area (Å²) in [4.78, 5) is 10.2. The fourth-order valence-electron chi connectivity index (χ4n) is 0.758. The summed E-state index contributed by atoms with van der Waals surface area (Å²) in [5.74, 6) is 0. The first-order chi connectivity index (χ1) is 4.68. The van der Waals surface area contributed by atoms with Crippen molar-refractivity contribution in [3.8, 4) is 0 Å². The number of alkyl halides is 1. The van der Waals surface area contributed by atoms with Gasteiger partial charge in [-0.05, 0) is 0 Å². The van der Waals surface area contributed by atoms with Crippen molar-refractivity contribution < 1.29 is 14.6 Å². The molecular formula is C5H8BrNO3. The summed E-state index contributed by atoms with van der Waals surface area (Å²) in [7, 11) is 0. The van der Waals surface area contributed by atoms with E-state index in [1.54, 1.807) is 0 Å². The van der Waals surface area contributed by atoms with Gasteiger partial charge in [0, 0.05) is 5.33 Å². The van der Waals surface area contributed by atoms with E-state index in [-0.39, 0.29) is 5.54 Å². The molecule has 0 aromatic heterocycles. The Kier molecular flexibility index (Phi) is 2.15. The van der Waals surface area contributed by atoms with Crippen LogP contribution in [0.5, 0.6) is 0 Å². The molecule has 1 aliphatic heterocycles. The third-order valence-corrected chi connectivity index (χ3v) is 2.46. The minimum Gasteiger partial charge on any atom is -0.465 e. The first kappa shape index (κ1) is 7.81. The highest BCUT2D eigenvalue weighted by Gasteiger charge is 2.38. The number of carbonyl (C=O) groups is 1. The average molecular weight is 210 g/mol. The Morgan fingerprint density at radius 3 is 2.50 bits per heavy atom. The van der Waals surface area contributed by atoms with E-state index < -0.39 is 6.09 Å². The van der Waals surface area contributed by atoms with Crippen LogP contribution in [0, 0.1) is 0 Å². The molecular weight excluding hydrogens is 202 g/mol. The van der Waals surface area contributed by atoms with Gasteiger partial charge in [0.2, 0.25) is 0 Å². The van der Waals surface area contributed by atoms with Gasteiger partial charge in [-0.25, -0.2) is 4.79 Å². The molecule has 0 bridgehead atoms. The lowest BCUT2D eigenvalue weighted by Crippen LogP contribution is -2.63. The molecule has 4 nitrogen and oxygen atoms in total. The van der Waals surface area contributed by atoms with Crippen molar-refractivity contribution in [2.45, 2.75) is 5.54 Å². The lowest BCUT2D eigenvalue weighted by atomic mass is 10.0.